The van der Waals surface area contributed by atoms with Crippen LogP contribution >= 0.6 is 0 Å². The van der Waals surface area contributed by atoms with Crippen molar-refractivity contribution in [1.29, 1.82) is 0 Å². The predicted octanol–water partition coefficient (Wildman–Crippen LogP) is 4.27. The van der Waals surface area contributed by atoms with Gasteiger partial charge >= 0.3 is 0 Å². The summed E-state index contributed by atoms with van der Waals surface area (Å²) in [4.78, 5) is 4.20. The van der Waals surface area contributed by atoms with Crippen LogP contribution in [-0.2, 0) is 0 Å². The van der Waals surface area contributed by atoms with Crippen molar-refractivity contribution in [3.05, 3.63) is 95.6 Å². The number of nitrogens with two attached hydrogens (primary N) is 1. The molecule has 108 valence electrons. The van der Waals surface area contributed by atoms with E-state index in [1.54, 1.807) is 7.05 Å². The van der Waals surface area contributed by atoms with Gasteiger partial charge in [-0.1, -0.05) is 54.6 Å². The molecule has 2 nitrogen and oxygen atoms in total. The average Bonchev–Trinajstić information content (AvgIpc) is 2.58. The fourth-order valence-electron chi connectivity index (χ4n) is 2.53. The molecule has 0 bridgehead atoms. The Balaban J connectivity index is 2.17. The molecule has 0 unspecified atom stereocenters. The number of allylic oxidation sites excluding steroid dienone is 5. The van der Waals surface area contributed by atoms with Crippen LogP contribution in [0.1, 0.15) is 11.1 Å². The van der Waals surface area contributed by atoms with Crippen molar-refractivity contribution in [2.24, 2.45) is 4.99 Å². The Bertz CT molecular complexity index is 758. The van der Waals surface area contributed by atoms with Gasteiger partial charge in [-0.25, -0.2) is 0 Å². The highest BCUT2D eigenvalue weighted by Crippen LogP contribution is 2.29. The molecule has 0 radical (unpaired) electrons. The molecule has 0 aromatic heterocycles. The van der Waals surface area contributed by atoms with E-state index in [-0.39, 0.29) is 0 Å². The smallest absolute Gasteiger partial charge is 0.0571 e. The SMILES string of the molecule is CN=C1C=CC(=C(c2ccccc2)c2ccc(N)cc2)C=C1. The number of hydrogen-bond donors (Lipinski definition) is 1. The molecule has 2 aromatic carbocycles. The van der Waals surface area contributed by atoms with E-state index in [1.807, 2.05) is 30.4 Å². The minimum absolute atomic E-state index is 0.774. The number of benzene rings is 2. The van der Waals surface area contributed by atoms with Gasteiger partial charge in [0.05, 0.1) is 5.71 Å². The third kappa shape index (κ3) is 2.91. The molecule has 0 amide bonds. The summed E-state index contributed by atoms with van der Waals surface area (Å²) in [6, 6.07) is 18.4. The average molecular weight is 286 g/mol. The highest BCUT2D eigenvalue weighted by molar-refractivity contribution is 6.07. The van der Waals surface area contributed by atoms with Crippen molar-refractivity contribution >= 4 is 17.0 Å². The standard InChI is InChI=1S/C20H18N2/c1-22-19-13-9-17(10-14-19)20(15-5-3-2-4-6-15)16-7-11-18(21)12-8-16/h2-14H,21H2,1H3. The van der Waals surface area contributed by atoms with Crippen LogP contribution < -0.4 is 5.73 Å². The molecule has 2 heteroatoms. The zero-order valence-electron chi connectivity index (χ0n) is 12.5. The molecule has 1 aliphatic carbocycles. The van der Waals surface area contributed by atoms with Crippen molar-refractivity contribution in [3.63, 3.8) is 0 Å². The third-order valence-electron chi connectivity index (χ3n) is 3.68. The Hall–Kier alpha value is -2.87. The van der Waals surface area contributed by atoms with Crippen molar-refractivity contribution in [2.45, 2.75) is 0 Å². The summed E-state index contributed by atoms with van der Waals surface area (Å²) >= 11 is 0. The maximum absolute atomic E-state index is 5.82. The fraction of sp³-hybridized carbons (Fsp3) is 0.0500. The molecule has 0 heterocycles. The third-order valence-corrected chi connectivity index (χ3v) is 3.68. The first-order chi connectivity index (χ1) is 10.8. The summed E-state index contributed by atoms with van der Waals surface area (Å²) in [5.41, 5.74) is 12.3. The normalized spacial score (nSPS) is 13.3. The Morgan fingerprint density at radius 2 is 1.36 bits per heavy atom. The minimum Gasteiger partial charge on any atom is -0.399 e. The molecule has 2 N–H and O–H groups in total. The molecule has 0 aliphatic heterocycles. The largest absolute Gasteiger partial charge is 0.399 e. The van der Waals surface area contributed by atoms with Gasteiger partial charge in [-0.15, -0.1) is 0 Å². The first-order valence-corrected chi connectivity index (χ1v) is 7.26. The summed E-state index contributed by atoms with van der Waals surface area (Å²) in [5.74, 6) is 0. The molecule has 0 saturated carbocycles. The number of nitrogens with zero attached hydrogens (tertiary/aromatic N) is 1. The quantitative estimate of drug-likeness (QED) is 0.823. The van der Waals surface area contributed by atoms with Gasteiger partial charge in [-0.05, 0) is 46.6 Å². The van der Waals surface area contributed by atoms with E-state index in [1.165, 1.54) is 16.7 Å². The molecule has 1 aliphatic rings. The lowest BCUT2D eigenvalue weighted by Gasteiger charge is -2.14. The maximum atomic E-state index is 5.82. The second kappa shape index (κ2) is 6.27. The monoisotopic (exact) mass is 286 g/mol. The molecule has 2 aromatic rings. The lowest BCUT2D eigenvalue weighted by atomic mass is 9.91. The lowest BCUT2D eigenvalue weighted by Crippen LogP contribution is -1.98. The van der Waals surface area contributed by atoms with E-state index >= 15 is 0 Å². The first-order valence-electron chi connectivity index (χ1n) is 7.26. The van der Waals surface area contributed by atoms with Gasteiger partial charge in [-0.2, -0.15) is 0 Å². The van der Waals surface area contributed by atoms with E-state index in [0.29, 0.717) is 0 Å². The second-order valence-corrected chi connectivity index (χ2v) is 5.13. The zero-order valence-corrected chi connectivity index (χ0v) is 12.5. The van der Waals surface area contributed by atoms with Crippen LogP contribution in [0.3, 0.4) is 0 Å². The molecule has 0 atom stereocenters. The van der Waals surface area contributed by atoms with E-state index in [4.69, 9.17) is 5.73 Å². The number of nitrogen functional groups attached to an aromatic ring is 1. The summed E-state index contributed by atoms with van der Waals surface area (Å²) in [7, 11) is 1.80. The lowest BCUT2D eigenvalue weighted by molar-refractivity contribution is 1.44. The number of rotatable bonds is 2. The van der Waals surface area contributed by atoms with Crippen LogP contribution in [0.2, 0.25) is 0 Å². The maximum Gasteiger partial charge on any atom is 0.0571 e. The molecular weight excluding hydrogens is 268 g/mol. The molecule has 0 spiro atoms. The van der Waals surface area contributed by atoms with Gasteiger partial charge in [0.2, 0.25) is 0 Å². The van der Waals surface area contributed by atoms with Crippen molar-refractivity contribution in [1.82, 2.24) is 0 Å². The van der Waals surface area contributed by atoms with E-state index in [9.17, 15) is 0 Å². The summed E-state index contributed by atoms with van der Waals surface area (Å²) in [6.45, 7) is 0. The Morgan fingerprint density at radius 3 is 1.95 bits per heavy atom. The van der Waals surface area contributed by atoms with Crippen LogP contribution in [0.4, 0.5) is 5.69 Å². The van der Waals surface area contributed by atoms with E-state index in [2.05, 4.69) is 53.5 Å². The van der Waals surface area contributed by atoms with Gasteiger partial charge in [0.15, 0.2) is 0 Å². The Morgan fingerprint density at radius 1 is 0.773 bits per heavy atom. The van der Waals surface area contributed by atoms with Gasteiger partial charge in [0, 0.05) is 12.7 Å². The molecule has 0 saturated heterocycles. The number of anilines is 1. The van der Waals surface area contributed by atoms with Gasteiger partial charge in [0.25, 0.3) is 0 Å². The summed E-state index contributed by atoms with van der Waals surface area (Å²) < 4.78 is 0. The van der Waals surface area contributed by atoms with Crippen molar-refractivity contribution < 1.29 is 0 Å². The molecule has 3 rings (SSSR count). The van der Waals surface area contributed by atoms with Crippen LogP contribution in [0, 0.1) is 0 Å². The summed E-state index contributed by atoms with van der Waals surface area (Å²) in [6.07, 6.45) is 8.30. The van der Waals surface area contributed by atoms with Crippen LogP contribution in [-0.4, -0.2) is 12.8 Å². The Kier molecular flexibility index (Phi) is 4.01. The van der Waals surface area contributed by atoms with Crippen molar-refractivity contribution in [3.8, 4) is 0 Å². The molecular formula is C20H18N2. The molecule has 22 heavy (non-hydrogen) atoms. The van der Waals surface area contributed by atoms with E-state index < -0.39 is 0 Å². The van der Waals surface area contributed by atoms with Crippen LogP contribution in [0.15, 0.2) is 89.5 Å². The highest BCUT2D eigenvalue weighted by Gasteiger charge is 2.10. The van der Waals surface area contributed by atoms with Gasteiger partial charge in [0.1, 0.15) is 0 Å². The first kappa shape index (κ1) is 14.1. The number of hydrogen-bond acceptors (Lipinski definition) is 2. The second-order valence-electron chi connectivity index (χ2n) is 5.13. The van der Waals surface area contributed by atoms with Gasteiger partial charge in [-0.3, -0.25) is 4.99 Å². The molecule has 0 fully saturated rings. The number of aliphatic imine (C=N–C) groups is 1. The van der Waals surface area contributed by atoms with Crippen LogP contribution in [0.25, 0.3) is 5.57 Å². The van der Waals surface area contributed by atoms with Crippen LogP contribution in [0.5, 0.6) is 0 Å². The highest BCUT2D eigenvalue weighted by atomic mass is 14.7. The van der Waals surface area contributed by atoms with Crippen molar-refractivity contribution in [2.75, 3.05) is 12.8 Å². The zero-order chi connectivity index (χ0) is 15.4. The predicted molar refractivity (Wildman–Crippen MR) is 95.0 cm³/mol. The topological polar surface area (TPSA) is 38.4 Å². The Labute approximate surface area is 131 Å². The van der Waals surface area contributed by atoms with Gasteiger partial charge < -0.3 is 5.73 Å². The summed E-state index contributed by atoms with van der Waals surface area (Å²) in [5, 5.41) is 0. The minimum atomic E-state index is 0.774. The fourth-order valence-corrected chi connectivity index (χ4v) is 2.53. The van der Waals surface area contributed by atoms with E-state index in [0.717, 1.165) is 17.0 Å².